The molecule has 0 N–H and O–H groups in total. The Hall–Kier alpha value is -1.72. The normalized spacial score (nSPS) is 24.2. The maximum atomic E-state index is 10.7. The van der Waals surface area contributed by atoms with E-state index in [0.29, 0.717) is 41.0 Å². The molecule has 3 aliphatic rings. The summed E-state index contributed by atoms with van der Waals surface area (Å²) in [5.74, 6) is 1.35. The Morgan fingerprint density at radius 1 is 1.25 bits per heavy atom. The number of carbonyl (C=O) groups is 1. The molecule has 1 aromatic carbocycles. The molecule has 0 radical (unpaired) electrons. The van der Waals surface area contributed by atoms with E-state index in [-0.39, 0.29) is 0 Å². The predicted molar refractivity (Wildman–Crippen MR) is 117 cm³/mol. The van der Waals surface area contributed by atoms with E-state index in [1.54, 1.807) is 6.07 Å². The number of allylic oxidation sites excluding steroid dienone is 2. The molecule has 1 fully saturated rings. The van der Waals surface area contributed by atoms with Crippen LogP contribution >= 0.6 is 23.4 Å². The van der Waals surface area contributed by atoms with Crippen LogP contribution in [-0.4, -0.2) is 47.3 Å². The molecule has 1 aliphatic carbocycles. The topological polar surface area (TPSA) is 41.9 Å². The average molecular weight is 417 g/mol. The fraction of sp³-hybridized carbons (Fsp3) is 0.455. The third-order valence-electron chi connectivity index (χ3n) is 5.54. The lowest BCUT2D eigenvalue weighted by molar-refractivity contribution is -0.107. The number of carbonyl (C=O) groups excluding carboxylic acids is 1. The number of thioether (sulfide) groups is 1. The van der Waals surface area contributed by atoms with Crippen LogP contribution in [-0.2, 0) is 11.2 Å². The van der Waals surface area contributed by atoms with Crippen LogP contribution in [0.25, 0.3) is 0 Å². The summed E-state index contributed by atoms with van der Waals surface area (Å²) in [4.78, 5) is 18.0. The summed E-state index contributed by atoms with van der Waals surface area (Å²) >= 11 is 8.11. The summed E-state index contributed by atoms with van der Waals surface area (Å²) in [7, 11) is 0. The van der Waals surface area contributed by atoms with Crippen LogP contribution in [0.2, 0.25) is 5.02 Å². The molecule has 0 saturated carbocycles. The van der Waals surface area contributed by atoms with Crippen molar-refractivity contribution >= 4 is 34.8 Å². The Kier molecular flexibility index (Phi) is 6.43. The van der Waals surface area contributed by atoms with E-state index in [4.69, 9.17) is 21.3 Å². The third-order valence-corrected chi connectivity index (χ3v) is 7.14. The highest BCUT2D eigenvalue weighted by Gasteiger charge is 2.32. The minimum atomic E-state index is 0.316. The van der Waals surface area contributed by atoms with Crippen LogP contribution in [0.1, 0.15) is 24.8 Å². The van der Waals surface area contributed by atoms with E-state index >= 15 is 0 Å². The van der Waals surface area contributed by atoms with Crippen LogP contribution in [0, 0.1) is 5.92 Å². The standard InChI is InChI=1S/C22H25ClN2O2S/c23-18-6-5-17(9-13-26)15-20(18)27-14-10-16-7-11-25(12-8-16)22-24-19-3-1-2-4-21(19)28-22/h1-6,13,15-16,19,21H,7-12,14H2. The second kappa shape index (κ2) is 9.19. The van der Waals surface area contributed by atoms with Crippen LogP contribution in [0.3, 0.4) is 0 Å². The first-order chi connectivity index (χ1) is 13.7. The van der Waals surface area contributed by atoms with Gasteiger partial charge in [0.05, 0.1) is 22.9 Å². The molecule has 0 bridgehead atoms. The second-order valence-corrected chi connectivity index (χ2v) is 9.01. The SMILES string of the molecule is O=CCc1ccc(Cl)c(OCCC2CCN(C3=NC4C=CC=CC4S3)CC2)c1. The van der Waals surface area contributed by atoms with Crippen molar-refractivity contribution in [2.24, 2.45) is 10.9 Å². The summed E-state index contributed by atoms with van der Waals surface area (Å²) in [5, 5.41) is 2.29. The molecular formula is C22H25ClN2O2S. The lowest BCUT2D eigenvalue weighted by Crippen LogP contribution is -2.37. The molecule has 1 saturated heterocycles. The number of likely N-dealkylation sites (tertiary alicyclic amines) is 1. The van der Waals surface area contributed by atoms with E-state index < -0.39 is 0 Å². The smallest absolute Gasteiger partial charge is 0.160 e. The van der Waals surface area contributed by atoms with E-state index in [9.17, 15) is 4.79 Å². The Morgan fingerprint density at radius 3 is 2.86 bits per heavy atom. The summed E-state index contributed by atoms with van der Waals surface area (Å²) in [6, 6.07) is 5.86. The second-order valence-electron chi connectivity index (χ2n) is 7.46. The molecule has 0 amide bonds. The number of nitrogens with zero attached hydrogens (tertiary/aromatic N) is 2. The Bertz CT molecular complexity index is 800. The molecule has 6 heteroatoms. The maximum absolute atomic E-state index is 10.7. The number of halogens is 1. The molecule has 2 aliphatic heterocycles. The van der Waals surface area contributed by atoms with E-state index in [0.717, 1.165) is 31.4 Å². The van der Waals surface area contributed by atoms with Crippen molar-refractivity contribution in [3.63, 3.8) is 0 Å². The van der Waals surface area contributed by atoms with Gasteiger partial charge in [-0.25, -0.2) is 0 Å². The number of piperidine rings is 1. The predicted octanol–water partition coefficient (Wildman–Crippen LogP) is 4.53. The molecule has 4 nitrogen and oxygen atoms in total. The first kappa shape index (κ1) is 19.6. The van der Waals surface area contributed by atoms with Gasteiger partial charge in [0.15, 0.2) is 5.17 Å². The molecule has 2 atom stereocenters. The fourth-order valence-corrected chi connectivity index (χ4v) is 5.26. The zero-order chi connectivity index (χ0) is 19.3. The van der Waals surface area contributed by atoms with Crippen molar-refractivity contribution < 1.29 is 9.53 Å². The number of ether oxygens (including phenoxy) is 1. The average Bonchev–Trinajstić information content (AvgIpc) is 3.15. The van der Waals surface area contributed by atoms with Crippen molar-refractivity contribution in [3.8, 4) is 5.75 Å². The zero-order valence-electron chi connectivity index (χ0n) is 15.8. The molecule has 2 unspecified atom stereocenters. The Labute approximate surface area is 175 Å². The number of hydrogen-bond donors (Lipinski definition) is 0. The van der Waals surface area contributed by atoms with E-state index in [2.05, 4.69) is 29.2 Å². The van der Waals surface area contributed by atoms with Crippen LogP contribution in [0.4, 0.5) is 0 Å². The van der Waals surface area contributed by atoms with E-state index in [1.165, 1.54) is 18.0 Å². The third kappa shape index (κ3) is 4.64. The quantitative estimate of drug-likeness (QED) is 0.639. The first-order valence-corrected chi connectivity index (χ1v) is 11.2. The van der Waals surface area contributed by atoms with Crippen LogP contribution < -0.4 is 4.74 Å². The number of fused-ring (bicyclic) bond motifs is 1. The zero-order valence-corrected chi connectivity index (χ0v) is 17.4. The minimum Gasteiger partial charge on any atom is -0.492 e. The van der Waals surface area contributed by atoms with Gasteiger partial charge < -0.3 is 14.4 Å². The summed E-state index contributed by atoms with van der Waals surface area (Å²) < 4.78 is 5.91. The van der Waals surface area contributed by atoms with Gasteiger partial charge in [-0.15, -0.1) is 0 Å². The maximum Gasteiger partial charge on any atom is 0.160 e. The Morgan fingerprint density at radius 2 is 2.07 bits per heavy atom. The highest BCUT2D eigenvalue weighted by molar-refractivity contribution is 8.14. The van der Waals surface area contributed by atoms with Gasteiger partial charge in [-0.05, 0) is 42.9 Å². The van der Waals surface area contributed by atoms with Crippen molar-refractivity contribution in [1.29, 1.82) is 0 Å². The van der Waals surface area contributed by atoms with Crippen LogP contribution in [0.15, 0.2) is 47.5 Å². The number of aliphatic imine (C=N–C) groups is 1. The molecule has 2 heterocycles. The number of aldehydes is 1. The minimum absolute atomic E-state index is 0.316. The van der Waals surface area contributed by atoms with Crippen molar-refractivity contribution in [2.45, 2.75) is 37.0 Å². The largest absolute Gasteiger partial charge is 0.492 e. The summed E-state index contributed by atoms with van der Waals surface area (Å²) in [6.45, 7) is 2.79. The van der Waals surface area contributed by atoms with Gasteiger partial charge >= 0.3 is 0 Å². The van der Waals surface area contributed by atoms with Gasteiger partial charge in [0.25, 0.3) is 0 Å². The van der Waals surface area contributed by atoms with Crippen molar-refractivity contribution in [3.05, 3.63) is 53.1 Å². The number of rotatable bonds is 6. The number of amidine groups is 1. The van der Waals surface area contributed by atoms with Gasteiger partial charge in [-0.3, -0.25) is 4.99 Å². The molecule has 0 spiro atoms. The summed E-state index contributed by atoms with van der Waals surface area (Å²) in [6.07, 6.45) is 13.3. The molecule has 148 valence electrons. The molecule has 4 rings (SSSR count). The molecule has 0 aromatic heterocycles. The molecule has 1 aromatic rings. The van der Waals surface area contributed by atoms with Crippen molar-refractivity contribution in [2.75, 3.05) is 19.7 Å². The lowest BCUT2D eigenvalue weighted by atomic mass is 9.94. The van der Waals surface area contributed by atoms with Gasteiger partial charge in [0, 0.05) is 19.5 Å². The monoisotopic (exact) mass is 416 g/mol. The molecule has 28 heavy (non-hydrogen) atoms. The van der Waals surface area contributed by atoms with Gasteiger partial charge in [-0.2, -0.15) is 0 Å². The van der Waals surface area contributed by atoms with Gasteiger partial charge in [-0.1, -0.05) is 53.7 Å². The first-order valence-electron chi connectivity index (χ1n) is 9.92. The van der Waals surface area contributed by atoms with E-state index in [1.807, 2.05) is 23.9 Å². The number of hydrogen-bond acceptors (Lipinski definition) is 5. The summed E-state index contributed by atoms with van der Waals surface area (Å²) in [5.41, 5.74) is 0.933. The Balaban J connectivity index is 1.22. The number of benzene rings is 1. The van der Waals surface area contributed by atoms with Gasteiger partial charge in [0.2, 0.25) is 0 Å². The highest BCUT2D eigenvalue weighted by atomic mass is 35.5. The van der Waals surface area contributed by atoms with Crippen molar-refractivity contribution in [1.82, 2.24) is 4.90 Å². The molecular weight excluding hydrogens is 392 g/mol. The van der Waals surface area contributed by atoms with Gasteiger partial charge in [0.1, 0.15) is 12.0 Å². The lowest BCUT2D eigenvalue weighted by Gasteiger charge is -2.33. The van der Waals surface area contributed by atoms with Crippen LogP contribution in [0.5, 0.6) is 5.75 Å². The highest BCUT2D eigenvalue weighted by Crippen LogP contribution is 2.34. The fourth-order valence-electron chi connectivity index (χ4n) is 3.87.